The third kappa shape index (κ3) is 5.90. The molecule has 0 fully saturated rings. The lowest BCUT2D eigenvalue weighted by atomic mass is 10.1. The zero-order chi connectivity index (χ0) is 21.5. The molecule has 0 aliphatic heterocycles. The molecular weight excluding hydrogens is 415 g/mol. The molecule has 3 rings (SSSR count). The van der Waals surface area contributed by atoms with Crippen molar-refractivity contribution < 1.29 is 4.79 Å². The predicted octanol–water partition coefficient (Wildman–Crippen LogP) is 6.98. The van der Waals surface area contributed by atoms with Crippen molar-refractivity contribution in [3.63, 3.8) is 0 Å². The number of aromatic nitrogens is 1. The van der Waals surface area contributed by atoms with Gasteiger partial charge in [-0.15, -0.1) is 0 Å². The molecule has 0 radical (unpaired) electrons. The highest BCUT2D eigenvalue weighted by Crippen LogP contribution is 2.24. The van der Waals surface area contributed by atoms with E-state index in [4.69, 9.17) is 23.2 Å². The van der Waals surface area contributed by atoms with E-state index in [9.17, 15) is 4.79 Å². The summed E-state index contributed by atoms with van der Waals surface area (Å²) in [5, 5.41) is 0.858. The fourth-order valence-electron chi connectivity index (χ4n) is 3.57. The van der Waals surface area contributed by atoms with Gasteiger partial charge in [-0.25, -0.2) is 0 Å². The van der Waals surface area contributed by atoms with Gasteiger partial charge >= 0.3 is 0 Å². The summed E-state index contributed by atoms with van der Waals surface area (Å²) in [5.74, 6) is -0.0204. The van der Waals surface area contributed by atoms with Crippen LogP contribution in [0.15, 0.2) is 60.8 Å². The predicted molar refractivity (Wildman–Crippen MR) is 125 cm³/mol. The maximum absolute atomic E-state index is 13.3. The van der Waals surface area contributed by atoms with E-state index < -0.39 is 0 Å². The smallest absolute Gasteiger partial charge is 0.254 e. The second-order valence-electron chi connectivity index (χ2n) is 7.68. The van der Waals surface area contributed by atoms with Crippen LogP contribution in [0.1, 0.15) is 53.4 Å². The van der Waals surface area contributed by atoms with E-state index in [1.165, 1.54) is 11.1 Å². The van der Waals surface area contributed by atoms with Crippen molar-refractivity contribution in [2.75, 3.05) is 6.54 Å². The van der Waals surface area contributed by atoms with Crippen LogP contribution in [0.4, 0.5) is 0 Å². The summed E-state index contributed by atoms with van der Waals surface area (Å²) in [6.07, 6.45) is 5.25. The number of benzene rings is 2. The average molecular weight is 443 g/mol. The van der Waals surface area contributed by atoms with Gasteiger partial charge in [0, 0.05) is 30.5 Å². The first kappa shape index (κ1) is 22.5. The molecule has 0 aliphatic carbocycles. The molecule has 3 nitrogen and oxygen atoms in total. The fraction of sp³-hybridized carbons (Fsp3) is 0.320. The third-order valence-electron chi connectivity index (χ3n) is 5.20. The van der Waals surface area contributed by atoms with Crippen molar-refractivity contribution >= 4 is 29.1 Å². The van der Waals surface area contributed by atoms with E-state index in [0.717, 1.165) is 31.5 Å². The van der Waals surface area contributed by atoms with Gasteiger partial charge in [0.15, 0.2) is 0 Å². The summed E-state index contributed by atoms with van der Waals surface area (Å²) in [4.78, 5) is 15.2. The summed E-state index contributed by atoms with van der Waals surface area (Å²) in [5.41, 5.74) is 4.18. The molecule has 0 saturated carbocycles. The van der Waals surface area contributed by atoms with Gasteiger partial charge in [-0.1, -0.05) is 72.8 Å². The Morgan fingerprint density at radius 3 is 2.57 bits per heavy atom. The Morgan fingerprint density at radius 2 is 1.83 bits per heavy atom. The van der Waals surface area contributed by atoms with Gasteiger partial charge in [-0.05, 0) is 49.2 Å². The highest BCUT2D eigenvalue weighted by Gasteiger charge is 2.18. The minimum Gasteiger partial charge on any atom is -0.345 e. The minimum absolute atomic E-state index is 0.0204. The number of hydrogen-bond acceptors (Lipinski definition) is 1. The fourth-order valence-corrected chi connectivity index (χ4v) is 3.86. The number of rotatable bonds is 9. The zero-order valence-electron chi connectivity index (χ0n) is 17.6. The molecule has 158 valence electrons. The van der Waals surface area contributed by atoms with Crippen LogP contribution in [-0.4, -0.2) is 21.9 Å². The molecule has 2 aromatic carbocycles. The number of unbranched alkanes of at least 4 members (excludes halogenated alkanes) is 2. The van der Waals surface area contributed by atoms with Crippen molar-refractivity contribution in [3.8, 4) is 0 Å². The summed E-state index contributed by atoms with van der Waals surface area (Å²) in [6.45, 7) is 6.32. The number of amides is 1. The Balaban J connectivity index is 1.80. The second kappa shape index (κ2) is 10.7. The molecule has 5 heteroatoms. The van der Waals surface area contributed by atoms with E-state index >= 15 is 0 Å². The van der Waals surface area contributed by atoms with Crippen molar-refractivity contribution in [1.82, 2.24) is 9.47 Å². The van der Waals surface area contributed by atoms with E-state index in [1.54, 1.807) is 18.2 Å². The normalized spacial score (nSPS) is 10.9. The van der Waals surface area contributed by atoms with Crippen molar-refractivity contribution in [2.45, 2.75) is 46.2 Å². The highest BCUT2D eigenvalue weighted by molar-refractivity contribution is 6.42. The van der Waals surface area contributed by atoms with Gasteiger partial charge in [-0.3, -0.25) is 4.79 Å². The third-order valence-corrected chi connectivity index (χ3v) is 5.94. The zero-order valence-corrected chi connectivity index (χ0v) is 19.1. The highest BCUT2D eigenvalue weighted by atomic mass is 35.5. The average Bonchev–Trinajstić information content (AvgIpc) is 3.15. The van der Waals surface area contributed by atoms with Crippen LogP contribution in [0.2, 0.25) is 10.0 Å². The molecule has 0 aliphatic rings. The molecule has 0 unspecified atom stereocenters. The molecule has 1 amide bonds. The molecule has 30 heavy (non-hydrogen) atoms. The minimum atomic E-state index is -0.0204. The van der Waals surface area contributed by atoms with Gasteiger partial charge in [0.1, 0.15) is 0 Å². The standard InChI is InChI=1S/C25H28Cl2N2O/c1-3-4-5-13-29(25(30)21-11-12-23(26)24(27)16-21)18-22-10-7-14-28(22)17-20-9-6-8-19(2)15-20/h6-12,14-16H,3-5,13,17-18H2,1-2H3. The van der Waals surface area contributed by atoms with Gasteiger partial charge in [-0.2, -0.15) is 0 Å². The summed E-state index contributed by atoms with van der Waals surface area (Å²) in [7, 11) is 0. The number of carbonyl (C=O) groups excluding carboxylic acids is 1. The van der Waals surface area contributed by atoms with E-state index in [-0.39, 0.29) is 5.91 Å². The number of aryl methyl sites for hydroxylation is 1. The molecule has 0 spiro atoms. The van der Waals surface area contributed by atoms with Crippen LogP contribution in [0.5, 0.6) is 0 Å². The van der Waals surface area contributed by atoms with Crippen LogP contribution < -0.4 is 0 Å². The largest absolute Gasteiger partial charge is 0.345 e. The molecule has 0 atom stereocenters. The molecule has 3 aromatic rings. The van der Waals surface area contributed by atoms with Gasteiger partial charge in [0.2, 0.25) is 0 Å². The monoisotopic (exact) mass is 442 g/mol. The van der Waals surface area contributed by atoms with Crippen LogP contribution in [-0.2, 0) is 13.1 Å². The van der Waals surface area contributed by atoms with Crippen LogP contribution in [0, 0.1) is 6.92 Å². The van der Waals surface area contributed by atoms with Gasteiger partial charge < -0.3 is 9.47 Å². The number of nitrogens with zero attached hydrogens (tertiary/aromatic N) is 2. The first-order valence-electron chi connectivity index (χ1n) is 10.4. The van der Waals surface area contributed by atoms with E-state index in [2.05, 4.69) is 54.9 Å². The van der Waals surface area contributed by atoms with Gasteiger partial charge in [0.25, 0.3) is 5.91 Å². The lowest BCUT2D eigenvalue weighted by Crippen LogP contribution is -2.32. The second-order valence-corrected chi connectivity index (χ2v) is 8.49. The molecule has 0 saturated heterocycles. The topological polar surface area (TPSA) is 25.2 Å². The molecule has 1 aromatic heterocycles. The Morgan fingerprint density at radius 1 is 1.00 bits per heavy atom. The Bertz CT molecular complexity index is 996. The van der Waals surface area contributed by atoms with Crippen molar-refractivity contribution in [1.29, 1.82) is 0 Å². The van der Waals surface area contributed by atoms with E-state index in [1.807, 2.05) is 11.0 Å². The summed E-state index contributed by atoms with van der Waals surface area (Å²) < 4.78 is 2.21. The number of carbonyl (C=O) groups is 1. The van der Waals surface area contributed by atoms with Crippen LogP contribution in [0.25, 0.3) is 0 Å². The molecule has 0 N–H and O–H groups in total. The first-order valence-corrected chi connectivity index (χ1v) is 11.2. The lowest BCUT2D eigenvalue weighted by molar-refractivity contribution is 0.0736. The Labute approximate surface area is 189 Å². The number of hydrogen-bond donors (Lipinski definition) is 0. The Kier molecular flexibility index (Phi) is 8.01. The maximum atomic E-state index is 13.3. The van der Waals surface area contributed by atoms with Crippen molar-refractivity contribution in [2.24, 2.45) is 0 Å². The number of halogens is 2. The lowest BCUT2D eigenvalue weighted by Gasteiger charge is -2.24. The van der Waals surface area contributed by atoms with Gasteiger partial charge in [0.05, 0.1) is 16.6 Å². The van der Waals surface area contributed by atoms with Crippen LogP contribution in [0.3, 0.4) is 0 Å². The quantitative estimate of drug-likeness (QED) is 0.328. The Hall–Kier alpha value is -2.23. The van der Waals surface area contributed by atoms with Crippen LogP contribution >= 0.6 is 23.2 Å². The van der Waals surface area contributed by atoms with E-state index in [0.29, 0.717) is 28.7 Å². The summed E-state index contributed by atoms with van der Waals surface area (Å²) in [6, 6.07) is 17.7. The SMILES string of the molecule is CCCCCN(Cc1cccn1Cc1cccc(C)c1)C(=O)c1ccc(Cl)c(Cl)c1. The molecule has 1 heterocycles. The first-order chi connectivity index (χ1) is 14.5. The molecular formula is C25H28Cl2N2O. The summed E-state index contributed by atoms with van der Waals surface area (Å²) >= 11 is 12.2. The molecule has 0 bridgehead atoms. The maximum Gasteiger partial charge on any atom is 0.254 e. The van der Waals surface area contributed by atoms with Crippen molar-refractivity contribution in [3.05, 3.63) is 93.2 Å².